The van der Waals surface area contributed by atoms with Crippen LogP contribution in [0.1, 0.15) is 60.8 Å². The minimum absolute atomic E-state index is 0.151. The largest absolute Gasteiger partial charge is 0.392 e. The monoisotopic (exact) mass is 318 g/mol. The predicted molar refractivity (Wildman–Crippen MR) is 91.7 cm³/mol. The summed E-state index contributed by atoms with van der Waals surface area (Å²) >= 11 is 0. The van der Waals surface area contributed by atoms with E-state index in [1.54, 1.807) is 0 Å². The highest BCUT2D eigenvalue weighted by molar-refractivity contribution is 5.94. The van der Waals surface area contributed by atoms with Gasteiger partial charge in [-0.1, -0.05) is 48.0 Å². The molecule has 5 saturated carbocycles. The maximum atomic E-state index is 13.8. The van der Waals surface area contributed by atoms with Crippen molar-refractivity contribution in [1.29, 1.82) is 0 Å². The van der Waals surface area contributed by atoms with Crippen LogP contribution in [0.25, 0.3) is 0 Å². The first-order chi connectivity index (χ1) is 10.7. The second kappa shape index (κ2) is 4.62. The van der Waals surface area contributed by atoms with Crippen LogP contribution in [-0.2, 0) is 4.79 Å². The minimum atomic E-state index is -0.360. The van der Waals surface area contributed by atoms with Gasteiger partial charge >= 0.3 is 0 Å². The molecule has 5 rings (SSSR count). The standard InChI is InChI=1S/C21H34O2/c1-10(2)15-14-9-12(4)13-8-7-11(3)16-18(22)17(15)20(5,6)19(23)21(13,14)16/h10-18,22H,7-9H2,1-6H3/t11-,12-,13+,14-,15-,16-,17?,18+,21-/m0/s1. The van der Waals surface area contributed by atoms with Gasteiger partial charge in [0.05, 0.1) is 6.10 Å². The fourth-order valence-corrected chi connectivity index (χ4v) is 8.40. The van der Waals surface area contributed by atoms with E-state index < -0.39 is 0 Å². The van der Waals surface area contributed by atoms with Crippen molar-refractivity contribution in [2.45, 2.75) is 66.9 Å². The summed E-state index contributed by atoms with van der Waals surface area (Å²) in [6, 6.07) is 0. The molecule has 0 radical (unpaired) electrons. The maximum Gasteiger partial charge on any atom is 0.145 e. The van der Waals surface area contributed by atoms with Crippen LogP contribution < -0.4 is 0 Å². The summed E-state index contributed by atoms with van der Waals surface area (Å²) in [5.74, 6) is 4.11. The molecule has 2 nitrogen and oxygen atoms in total. The van der Waals surface area contributed by atoms with Gasteiger partial charge in [0.2, 0.25) is 0 Å². The van der Waals surface area contributed by atoms with Gasteiger partial charge in [-0.15, -0.1) is 0 Å². The van der Waals surface area contributed by atoms with Gasteiger partial charge in [-0.3, -0.25) is 4.79 Å². The first kappa shape index (κ1) is 16.1. The summed E-state index contributed by atoms with van der Waals surface area (Å²) in [6.45, 7) is 13.6. The third-order valence-corrected chi connectivity index (χ3v) is 8.83. The number of hydrogen-bond acceptors (Lipinski definition) is 2. The van der Waals surface area contributed by atoms with Crippen molar-refractivity contribution in [1.82, 2.24) is 0 Å². The molecule has 0 aliphatic heterocycles. The Balaban J connectivity index is 1.98. The lowest BCUT2D eigenvalue weighted by atomic mass is 9.33. The number of carbonyl (C=O) groups excluding carboxylic acids is 1. The average Bonchev–Trinajstić information content (AvgIpc) is 2.75. The number of Topliss-reactive ketones (excluding diaryl/α,β-unsaturated/α-hetero) is 1. The van der Waals surface area contributed by atoms with E-state index in [1.165, 1.54) is 19.3 Å². The number of carbonyl (C=O) groups is 1. The number of aliphatic hydroxyl groups excluding tert-OH is 1. The number of rotatable bonds is 1. The number of ketones is 1. The molecule has 5 aliphatic carbocycles. The predicted octanol–water partition coefficient (Wildman–Crippen LogP) is 4.16. The molecule has 5 fully saturated rings. The van der Waals surface area contributed by atoms with Crippen LogP contribution in [0, 0.1) is 58.2 Å². The van der Waals surface area contributed by atoms with Gasteiger partial charge in [0.25, 0.3) is 0 Å². The minimum Gasteiger partial charge on any atom is -0.392 e. The molecular formula is C21H34O2. The summed E-state index contributed by atoms with van der Waals surface area (Å²) in [4.78, 5) is 13.8. The van der Waals surface area contributed by atoms with Gasteiger partial charge in [0.15, 0.2) is 0 Å². The zero-order chi connectivity index (χ0) is 16.9. The van der Waals surface area contributed by atoms with Crippen LogP contribution in [0.15, 0.2) is 0 Å². The SMILES string of the molecule is CC(C)[C@@H]1C2[C@H](O)[C@@H]3[C@@H](C)CC[C@@H]4[C@@H](C)C[C@@H]1[C@]34C(=O)C2(C)C. The van der Waals surface area contributed by atoms with Gasteiger partial charge in [-0.05, 0) is 48.3 Å². The first-order valence-electron chi connectivity index (χ1n) is 9.89. The lowest BCUT2D eigenvalue weighted by molar-refractivity contribution is -0.244. The third kappa shape index (κ3) is 1.58. The summed E-state index contributed by atoms with van der Waals surface area (Å²) in [7, 11) is 0. The van der Waals surface area contributed by atoms with Crippen molar-refractivity contribution in [3.63, 3.8) is 0 Å². The van der Waals surface area contributed by atoms with Crippen molar-refractivity contribution in [3.8, 4) is 0 Å². The molecule has 1 unspecified atom stereocenters. The van der Waals surface area contributed by atoms with Gasteiger partial charge in [-0.2, -0.15) is 0 Å². The smallest absolute Gasteiger partial charge is 0.145 e. The van der Waals surface area contributed by atoms with Crippen molar-refractivity contribution < 1.29 is 9.90 Å². The zero-order valence-electron chi connectivity index (χ0n) is 15.7. The van der Waals surface area contributed by atoms with Crippen LogP contribution >= 0.6 is 0 Å². The van der Waals surface area contributed by atoms with E-state index in [0.29, 0.717) is 41.3 Å². The summed E-state index contributed by atoms with van der Waals surface area (Å²) in [5.41, 5.74) is -0.579. The Labute approximate surface area is 141 Å². The Morgan fingerprint density at radius 2 is 1.70 bits per heavy atom. The Morgan fingerprint density at radius 3 is 2.30 bits per heavy atom. The van der Waals surface area contributed by atoms with Crippen LogP contribution in [0.2, 0.25) is 0 Å². The van der Waals surface area contributed by atoms with E-state index >= 15 is 0 Å². The van der Waals surface area contributed by atoms with E-state index in [4.69, 9.17) is 0 Å². The molecule has 2 heteroatoms. The van der Waals surface area contributed by atoms with Crippen LogP contribution in [0.5, 0.6) is 0 Å². The molecule has 0 amide bonds. The molecule has 0 heterocycles. The fraction of sp³-hybridized carbons (Fsp3) is 0.952. The Morgan fingerprint density at radius 1 is 1.04 bits per heavy atom. The molecule has 0 aromatic carbocycles. The molecule has 2 bridgehead atoms. The molecule has 0 aromatic heterocycles. The number of fused-ring (bicyclic) bond motifs is 1. The summed E-state index contributed by atoms with van der Waals surface area (Å²) in [6.07, 6.45) is 3.31. The quantitative estimate of drug-likeness (QED) is 0.788. The van der Waals surface area contributed by atoms with E-state index in [9.17, 15) is 9.90 Å². The Hall–Kier alpha value is -0.370. The Kier molecular flexibility index (Phi) is 3.24. The van der Waals surface area contributed by atoms with Crippen LogP contribution in [0.3, 0.4) is 0 Å². The normalized spacial score (nSPS) is 57.0. The second-order valence-electron chi connectivity index (χ2n) is 10.3. The highest BCUT2D eigenvalue weighted by Gasteiger charge is 2.78. The lowest BCUT2D eigenvalue weighted by Crippen LogP contribution is -2.74. The van der Waals surface area contributed by atoms with Gasteiger partial charge in [-0.25, -0.2) is 0 Å². The molecule has 1 N–H and O–H groups in total. The highest BCUT2D eigenvalue weighted by Crippen LogP contribution is 2.76. The van der Waals surface area contributed by atoms with Crippen LogP contribution in [0.4, 0.5) is 0 Å². The fourth-order valence-electron chi connectivity index (χ4n) is 8.40. The topological polar surface area (TPSA) is 37.3 Å². The summed E-state index contributed by atoms with van der Waals surface area (Å²) in [5, 5.41) is 11.4. The highest BCUT2D eigenvalue weighted by atomic mass is 16.3. The number of hydrogen-bond donors (Lipinski definition) is 1. The molecular weight excluding hydrogens is 284 g/mol. The Bertz CT molecular complexity index is 534. The summed E-state index contributed by atoms with van der Waals surface area (Å²) < 4.78 is 0. The van der Waals surface area contributed by atoms with Crippen molar-refractivity contribution >= 4 is 5.78 Å². The van der Waals surface area contributed by atoms with Gasteiger partial charge < -0.3 is 5.11 Å². The van der Waals surface area contributed by atoms with Crippen molar-refractivity contribution in [2.75, 3.05) is 0 Å². The molecule has 9 atom stereocenters. The molecule has 0 saturated heterocycles. The molecule has 1 spiro atoms. The number of aliphatic hydroxyl groups is 1. The van der Waals surface area contributed by atoms with Crippen molar-refractivity contribution in [3.05, 3.63) is 0 Å². The molecule has 23 heavy (non-hydrogen) atoms. The van der Waals surface area contributed by atoms with Gasteiger partial charge in [0.1, 0.15) is 5.78 Å². The molecule has 5 aliphatic rings. The van der Waals surface area contributed by atoms with Crippen molar-refractivity contribution in [2.24, 2.45) is 58.2 Å². The maximum absolute atomic E-state index is 13.8. The third-order valence-electron chi connectivity index (χ3n) is 8.83. The van der Waals surface area contributed by atoms with E-state index in [1.807, 2.05) is 0 Å². The second-order valence-corrected chi connectivity index (χ2v) is 10.3. The zero-order valence-corrected chi connectivity index (χ0v) is 15.7. The van der Waals surface area contributed by atoms with Crippen LogP contribution in [-0.4, -0.2) is 17.0 Å². The lowest BCUT2D eigenvalue weighted by Gasteiger charge is -2.69. The van der Waals surface area contributed by atoms with E-state index in [-0.39, 0.29) is 28.8 Å². The average molecular weight is 319 g/mol. The van der Waals surface area contributed by atoms with E-state index in [2.05, 4.69) is 41.5 Å². The molecule has 0 aromatic rings. The molecule has 130 valence electrons. The first-order valence-corrected chi connectivity index (χ1v) is 9.89. The van der Waals surface area contributed by atoms with Gasteiger partial charge in [0, 0.05) is 22.7 Å². The van der Waals surface area contributed by atoms with E-state index in [0.717, 1.165) is 0 Å².